The van der Waals surface area contributed by atoms with E-state index in [-0.39, 0.29) is 11.8 Å². The first kappa shape index (κ1) is 16.9. The van der Waals surface area contributed by atoms with E-state index in [9.17, 15) is 5.26 Å². The summed E-state index contributed by atoms with van der Waals surface area (Å²) in [7, 11) is 0. The summed E-state index contributed by atoms with van der Waals surface area (Å²) in [5.41, 5.74) is 11.3. The molecule has 0 radical (unpaired) electrons. The Kier molecular flexibility index (Phi) is 4.17. The first-order chi connectivity index (χ1) is 13.1. The van der Waals surface area contributed by atoms with Crippen molar-refractivity contribution in [2.75, 3.05) is 0 Å². The molecule has 1 aliphatic heterocycles. The SMILES string of the molecule is CC(C)c1ccc([C@H]2C(C#N)=C(N)Oc3n[nH]c(-c4ccccc4)c32)cc1. The van der Waals surface area contributed by atoms with Crippen LogP contribution in [-0.2, 0) is 0 Å². The molecule has 0 aliphatic carbocycles. The van der Waals surface area contributed by atoms with Gasteiger partial charge in [-0.2, -0.15) is 5.26 Å². The zero-order chi connectivity index (χ0) is 19.0. The number of ether oxygens (including phenoxy) is 1. The lowest BCUT2D eigenvalue weighted by Gasteiger charge is -2.24. The van der Waals surface area contributed by atoms with E-state index in [1.165, 1.54) is 5.56 Å². The van der Waals surface area contributed by atoms with Crippen LogP contribution in [0.4, 0.5) is 0 Å². The summed E-state index contributed by atoms with van der Waals surface area (Å²) in [6.07, 6.45) is 0. The van der Waals surface area contributed by atoms with Crippen LogP contribution in [0.3, 0.4) is 0 Å². The summed E-state index contributed by atoms with van der Waals surface area (Å²) < 4.78 is 5.64. The number of aromatic nitrogens is 2. The van der Waals surface area contributed by atoms with Crippen molar-refractivity contribution in [3.05, 3.63) is 82.7 Å². The van der Waals surface area contributed by atoms with Crippen LogP contribution >= 0.6 is 0 Å². The molecule has 1 atom stereocenters. The molecule has 5 heteroatoms. The third-order valence-corrected chi connectivity index (χ3v) is 4.94. The molecule has 0 bridgehead atoms. The quantitative estimate of drug-likeness (QED) is 0.727. The van der Waals surface area contributed by atoms with Crippen LogP contribution in [-0.4, -0.2) is 10.2 Å². The highest BCUT2D eigenvalue weighted by Gasteiger charge is 2.35. The number of hydrogen-bond acceptors (Lipinski definition) is 4. The van der Waals surface area contributed by atoms with E-state index < -0.39 is 0 Å². The van der Waals surface area contributed by atoms with Crippen LogP contribution in [0.15, 0.2) is 66.1 Å². The minimum atomic E-state index is -0.325. The summed E-state index contributed by atoms with van der Waals surface area (Å²) in [5, 5.41) is 17.1. The second-order valence-electron chi connectivity index (χ2n) is 6.93. The molecule has 27 heavy (non-hydrogen) atoms. The number of hydrogen-bond donors (Lipinski definition) is 2. The lowest BCUT2D eigenvalue weighted by atomic mass is 9.82. The van der Waals surface area contributed by atoms with E-state index in [1.54, 1.807) is 0 Å². The van der Waals surface area contributed by atoms with Gasteiger partial charge in [-0.05, 0) is 22.6 Å². The van der Waals surface area contributed by atoms with Crippen molar-refractivity contribution in [2.24, 2.45) is 5.73 Å². The predicted molar refractivity (Wildman–Crippen MR) is 104 cm³/mol. The molecule has 0 fully saturated rings. The van der Waals surface area contributed by atoms with Crippen molar-refractivity contribution in [1.29, 1.82) is 5.26 Å². The van der Waals surface area contributed by atoms with Gasteiger partial charge in [-0.25, -0.2) is 0 Å². The Morgan fingerprint density at radius 3 is 2.44 bits per heavy atom. The molecule has 2 heterocycles. The van der Waals surface area contributed by atoms with E-state index in [1.807, 2.05) is 30.3 Å². The van der Waals surface area contributed by atoms with Crippen LogP contribution in [0.5, 0.6) is 5.88 Å². The van der Waals surface area contributed by atoms with E-state index >= 15 is 0 Å². The molecule has 0 saturated heterocycles. The van der Waals surface area contributed by atoms with Gasteiger partial charge in [0.25, 0.3) is 0 Å². The van der Waals surface area contributed by atoms with Crippen molar-refractivity contribution in [1.82, 2.24) is 10.2 Å². The summed E-state index contributed by atoms with van der Waals surface area (Å²) in [6, 6.07) is 20.4. The van der Waals surface area contributed by atoms with Crippen LogP contribution < -0.4 is 10.5 Å². The van der Waals surface area contributed by atoms with E-state index in [0.29, 0.717) is 17.4 Å². The average Bonchev–Trinajstić information content (AvgIpc) is 3.11. The largest absolute Gasteiger partial charge is 0.420 e. The third-order valence-electron chi connectivity index (χ3n) is 4.94. The summed E-state index contributed by atoms with van der Waals surface area (Å²) >= 11 is 0. The van der Waals surface area contributed by atoms with Crippen molar-refractivity contribution in [3.8, 4) is 23.2 Å². The standard InChI is InChI=1S/C22H20N4O/c1-13(2)14-8-10-15(11-9-14)18-17(12-23)21(24)27-22-19(18)20(25-26-22)16-6-4-3-5-7-16/h3-11,13,18H,24H2,1-2H3,(H,25,26)/t18-/m0/s1. The number of rotatable bonds is 3. The van der Waals surface area contributed by atoms with Gasteiger partial charge in [0.1, 0.15) is 11.6 Å². The molecule has 0 spiro atoms. The molecular weight excluding hydrogens is 336 g/mol. The Morgan fingerprint density at radius 2 is 1.81 bits per heavy atom. The van der Waals surface area contributed by atoms with Crippen LogP contribution in [0, 0.1) is 11.3 Å². The van der Waals surface area contributed by atoms with Gasteiger partial charge in [-0.1, -0.05) is 68.4 Å². The van der Waals surface area contributed by atoms with Crippen LogP contribution in [0.25, 0.3) is 11.3 Å². The van der Waals surface area contributed by atoms with Crippen LogP contribution in [0.2, 0.25) is 0 Å². The minimum Gasteiger partial charge on any atom is -0.420 e. The molecule has 4 rings (SSSR count). The maximum absolute atomic E-state index is 9.76. The van der Waals surface area contributed by atoms with Gasteiger partial charge < -0.3 is 10.5 Å². The van der Waals surface area contributed by atoms with Gasteiger partial charge in [-0.3, -0.25) is 5.10 Å². The van der Waals surface area contributed by atoms with Crippen molar-refractivity contribution >= 4 is 0 Å². The fourth-order valence-corrected chi connectivity index (χ4v) is 3.48. The number of nitrogens with zero attached hydrogens (tertiary/aromatic N) is 2. The second-order valence-corrected chi connectivity index (χ2v) is 6.93. The van der Waals surface area contributed by atoms with Gasteiger partial charge in [-0.15, -0.1) is 5.10 Å². The fraction of sp³-hybridized carbons (Fsp3) is 0.182. The zero-order valence-electron chi connectivity index (χ0n) is 15.2. The molecule has 0 unspecified atom stereocenters. The topological polar surface area (TPSA) is 87.7 Å². The number of nitriles is 1. The van der Waals surface area contributed by atoms with Crippen molar-refractivity contribution in [2.45, 2.75) is 25.7 Å². The highest BCUT2D eigenvalue weighted by molar-refractivity contribution is 5.70. The van der Waals surface area contributed by atoms with Gasteiger partial charge in [0.15, 0.2) is 0 Å². The first-order valence-electron chi connectivity index (χ1n) is 8.91. The number of allylic oxidation sites excluding steroid dienone is 1. The Morgan fingerprint density at radius 1 is 1.11 bits per heavy atom. The summed E-state index contributed by atoms with van der Waals surface area (Å²) in [6.45, 7) is 4.31. The van der Waals surface area contributed by atoms with Crippen LogP contribution in [0.1, 0.15) is 42.4 Å². The number of fused-ring (bicyclic) bond motifs is 1. The molecule has 3 aromatic rings. The average molecular weight is 356 g/mol. The minimum absolute atomic E-state index is 0.106. The summed E-state index contributed by atoms with van der Waals surface area (Å²) in [4.78, 5) is 0. The zero-order valence-corrected chi connectivity index (χ0v) is 15.2. The molecule has 3 N–H and O–H groups in total. The fourth-order valence-electron chi connectivity index (χ4n) is 3.48. The van der Waals surface area contributed by atoms with E-state index in [0.717, 1.165) is 22.4 Å². The van der Waals surface area contributed by atoms with Gasteiger partial charge >= 0.3 is 0 Å². The maximum Gasteiger partial charge on any atom is 0.244 e. The lowest BCUT2D eigenvalue weighted by Crippen LogP contribution is -2.21. The highest BCUT2D eigenvalue weighted by atomic mass is 16.5. The van der Waals surface area contributed by atoms with E-state index in [4.69, 9.17) is 10.5 Å². The Hall–Kier alpha value is -3.52. The third kappa shape index (κ3) is 2.85. The lowest BCUT2D eigenvalue weighted by molar-refractivity contribution is 0.379. The van der Waals surface area contributed by atoms with Gasteiger partial charge in [0.2, 0.25) is 11.8 Å². The predicted octanol–water partition coefficient (Wildman–Crippen LogP) is 4.42. The monoisotopic (exact) mass is 356 g/mol. The normalized spacial score (nSPS) is 16.0. The Bertz CT molecular complexity index is 1040. The first-order valence-corrected chi connectivity index (χ1v) is 8.91. The molecule has 2 aromatic carbocycles. The number of nitrogens with one attached hydrogen (secondary N) is 1. The highest BCUT2D eigenvalue weighted by Crippen LogP contribution is 2.45. The molecule has 134 valence electrons. The van der Waals surface area contributed by atoms with Crippen molar-refractivity contribution in [3.63, 3.8) is 0 Å². The molecule has 5 nitrogen and oxygen atoms in total. The Labute approximate surface area is 158 Å². The maximum atomic E-state index is 9.76. The molecule has 0 saturated carbocycles. The Balaban J connectivity index is 1.90. The smallest absolute Gasteiger partial charge is 0.244 e. The van der Waals surface area contributed by atoms with E-state index in [2.05, 4.69) is 54.4 Å². The number of aromatic amines is 1. The summed E-state index contributed by atoms with van der Waals surface area (Å²) in [5.74, 6) is 0.639. The number of nitrogens with two attached hydrogens (primary N) is 1. The number of H-pyrrole nitrogens is 1. The molecule has 1 aliphatic rings. The molecule has 1 aromatic heterocycles. The van der Waals surface area contributed by atoms with Gasteiger partial charge in [0, 0.05) is 0 Å². The van der Waals surface area contributed by atoms with Gasteiger partial charge in [0.05, 0.1) is 17.2 Å². The number of benzene rings is 2. The molecular formula is C22H20N4O. The van der Waals surface area contributed by atoms with Crippen molar-refractivity contribution < 1.29 is 4.74 Å². The second kappa shape index (κ2) is 6.65. The molecule has 0 amide bonds.